The number of nitrogens with one attached hydrogen (secondary N) is 1. The molecule has 0 saturated heterocycles. The van der Waals surface area contributed by atoms with Gasteiger partial charge in [-0.25, -0.2) is 0 Å². The standard InChI is InChI=1S/C17H23N3O2/c1-4-16(11-21)18-17(22)15-7-5-14(6-8-15)10-20-13(3)9-12(2)19-20/h5-9,16,21H,4,10-11H2,1-3H3,(H,18,22). The molecule has 2 rings (SSSR count). The second-order valence-corrected chi connectivity index (χ2v) is 5.54. The number of carbonyl (C=O) groups is 1. The van der Waals surface area contributed by atoms with E-state index in [9.17, 15) is 4.79 Å². The van der Waals surface area contributed by atoms with E-state index < -0.39 is 0 Å². The van der Waals surface area contributed by atoms with Gasteiger partial charge in [-0.3, -0.25) is 9.48 Å². The van der Waals surface area contributed by atoms with Crippen molar-refractivity contribution in [2.75, 3.05) is 6.61 Å². The number of carbonyl (C=O) groups excluding carboxylic acids is 1. The lowest BCUT2D eigenvalue weighted by atomic mass is 10.1. The van der Waals surface area contributed by atoms with Crippen molar-refractivity contribution in [2.24, 2.45) is 0 Å². The van der Waals surface area contributed by atoms with Crippen LogP contribution in [0.4, 0.5) is 0 Å². The maximum Gasteiger partial charge on any atom is 0.251 e. The third-order valence-electron chi connectivity index (χ3n) is 3.70. The SMILES string of the molecule is CCC(CO)NC(=O)c1ccc(Cn2nc(C)cc2C)cc1. The zero-order chi connectivity index (χ0) is 16.1. The molecule has 0 bridgehead atoms. The normalized spacial score (nSPS) is 12.2. The van der Waals surface area contributed by atoms with Gasteiger partial charge in [-0.2, -0.15) is 5.10 Å². The summed E-state index contributed by atoms with van der Waals surface area (Å²) >= 11 is 0. The molecule has 0 aliphatic rings. The molecule has 1 aromatic heterocycles. The molecule has 1 heterocycles. The van der Waals surface area contributed by atoms with Gasteiger partial charge in [0.15, 0.2) is 0 Å². The Labute approximate surface area is 131 Å². The largest absolute Gasteiger partial charge is 0.394 e. The number of aliphatic hydroxyl groups is 1. The van der Waals surface area contributed by atoms with E-state index in [4.69, 9.17) is 5.11 Å². The fourth-order valence-electron chi connectivity index (χ4n) is 2.32. The minimum Gasteiger partial charge on any atom is -0.394 e. The Bertz CT molecular complexity index is 628. The highest BCUT2D eigenvalue weighted by atomic mass is 16.3. The van der Waals surface area contributed by atoms with E-state index in [1.54, 1.807) is 12.1 Å². The van der Waals surface area contributed by atoms with Crippen LogP contribution in [0.15, 0.2) is 30.3 Å². The monoisotopic (exact) mass is 301 g/mol. The molecule has 2 N–H and O–H groups in total. The summed E-state index contributed by atoms with van der Waals surface area (Å²) in [6, 6.07) is 9.33. The summed E-state index contributed by atoms with van der Waals surface area (Å²) in [7, 11) is 0. The Kier molecular flexibility index (Phi) is 5.33. The fourth-order valence-corrected chi connectivity index (χ4v) is 2.32. The van der Waals surface area contributed by atoms with Crippen molar-refractivity contribution < 1.29 is 9.90 Å². The van der Waals surface area contributed by atoms with E-state index in [1.807, 2.05) is 43.7 Å². The lowest BCUT2D eigenvalue weighted by molar-refractivity contribution is 0.0915. The molecule has 5 heteroatoms. The van der Waals surface area contributed by atoms with Crippen LogP contribution in [0.3, 0.4) is 0 Å². The summed E-state index contributed by atoms with van der Waals surface area (Å²) in [4.78, 5) is 12.1. The Hall–Kier alpha value is -2.14. The lowest BCUT2D eigenvalue weighted by Crippen LogP contribution is -2.36. The van der Waals surface area contributed by atoms with Crippen LogP contribution in [0.1, 0.15) is 40.7 Å². The number of hydrogen-bond acceptors (Lipinski definition) is 3. The van der Waals surface area contributed by atoms with Gasteiger partial charge < -0.3 is 10.4 Å². The van der Waals surface area contributed by atoms with Crippen molar-refractivity contribution in [3.8, 4) is 0 Å². The van der Waals surface area contributed by atoms with Crippen molar-refractivity contribution in [2.45, 2.75) is 39.8 Å². The van der Waals surface area contributed by atoms with Gasteiger partial charge in [0, 0.05) is 11.3 Å². The predicted octanol–water partition coefficient (Wildman–Crippen LogP) is 2.05. The fraction of sp³-hybridized carbons (Fsp3) is 0.412. The van der Waals surface area contributed by atoms with Crippen LogP contribution >= 0.6 is 0 Å². The van der Waals surface area contributed by atoms with E-state index in [0.29, 0.717) is 18.5 Å². The summed E-state index contributed by atoms with van der Waals surface area (Å²) in [5.74, 6) is -0.154. The number of aliphatic hydroxyl groups excluding tert-OH is 1. The first kappa shape index (κ1) is 16.2. The molecule has 1 atom stereocenters. The van der Waals surface area contributed by atoms with Gasteiger partial charge in [-0.15, -0.1) is 0 Å². The van der Waals surface area contributed by atoms with Gasteiger partial charge in [-0.05, 0) is 44.0 Å². The second-order valence-electron chi connectivity index (χ2n) is 5.54. The molecule has 0 saturated carbocycles. The van der Waals surface area contributed by atoms with Crippen molar-refractivity contribution >= 4 is 5.91 Å². The minimum atomic E-state index is -0.193. The van der Waals surface area contributed by atoms with Crippen LogP contribution in [0.25, 0.3) is 0 Å². The first-order valence-corrected chi connectivity index (χ1v) is 7.55. The molecule has 1 amide bonds. The molecule has 118 valence electrons. The zero-order valence-electron chi connectivity index (χ0n) is 13.3. The van der Waals surface area contributed by atoms with Crippen molar-refractivity contribution in [3.05, 3.63) is 52.8 Å². The van der Waals surface area contributed by atoms with Crippen LogP contribution < -0.4 is 5.32 Å². The Morgan fingerprint density at radius 3 is 2.50 bits per heavy atom. The predicted molar refractivity (Wildman–Crippen MR) is 85.9 cm³/mol. The zero-order valence-corrected chi connectivity index (χ0v) is 13.3. The van der Waals surface area contributed by atoms with E-state index in [2.05, 4.69) is 10.4 Å². The number of amides is 1. The molecule has 1 unspecified atom stereocenters. The smallest absolute Gasteiger partial charge is 0.251 e. The molecule has 1 aromatic carbocycles. The molecule has 0 spiro atoms. The average molecular weight is 301 g/mol. The number of nitrogens with zero attached hydrogens (tertiary/aromatic N) is 2. The Morgan fingerprint density at radius 1 is 1.32 bits per heavy atom. The molecule has 0 fully saturated rings. The summed E-state index contributed by atoms with van der Waals surface area (Å²) in [6.45, 7) is 6.58. The highest BCUT2D eigenvalue weighted by Crippen LogP contribution is 2.09. The number of aryl methyl sites for hydroxylation is 2. The van der Waals surface area contributed by atoms with Gasteiger partial charge in [-0.1, -0.05) is 19.1 Å². The summed E-state index contributed by atoms with van der Waals surface area (Å²) in [5, 5.41) is 16.4. The van der Waals surface area contributed by atoms with Crippen LogP contribution in [0, 0.1) is 13.8 Å². The van der Waals surface area contributed by atoms with Crippen molar-refractivity contribution in [1.29, 1.82) is 0 Å². The van der Waals surface area contributed by atoms with E-state index in [0.717, 1.165) is 17.0 Å². The van der Waals surface area contributed by atoms with E-state index in [-0.39, 0.29) is 18.6 Å². The van der Waals surface area contributed by atoms with Gasteiger partial charge in [0.25, 0.3) is 5.91 Å². The van der Waals surface area contributed by atoms with E-state index >= 15 is 0 Å². The third-order valence-corrected chi connectivity index (χ3v) is 3.70. The third kappa shape index (κ3) is 3.95. The maximum absolute atomic E-state index is 12.1. The van der Waals surface area contributed by atoms with Crippen molar-refractivity contribution in [1.82, 2.24) is 15.1 Å². The Balaban J connectivity index is 2.04. The number of hydrogen-bond donors (Lipinski definition) is 2. The van der Waals surface area contributed by atoms with Crippen LogP contribution in [-0.2, 0) is 6.54 Å². The molecule has 2 aromatic rings. The molecule has 22 heavy (non-hydrogen) atoms. The highest BCUT2D eigenvalue weighted by molar-refractivity contribution is 5.94. The van der Waals surface area contributed by atoms with Gasteiger partial charge in [0.1, 0.15) is 0 Å². The minimum absolute atomic E-state index is 0.0434. The summed E-state index contributed by atoms with van der Waals surface area (Å²) in [6.07, 6.45) is 0.707. The molecule has 5 nitrogen and oxygen atoms in total. The highest BCUT2D eigenvalue weighted by Gasteiger charge is 2.11. The molecule has 0 radical (unpaired) electrons. The van der Waals surface area contributed by atoms with Gasteiger partial charge in [0.2, 0.25) is 0 Å². The Morgan fingerprint density at radius 2 is 2.00 bits per heavy atom. The quantitative estimate of drug-likeness (QED) is 0.858. The summed E-state index contributed by atoms with van der Waals surface area (Å²) < 4.78 is 1.95. The summed E-state index contributed by atoms with van der Waals surface area (Å²) in [5.41, 5.74) is 3.82. The van der Waals surface area contributed by atoms with Crippen LogP contribution in [0.2, 0.25) is 0 Å². The maximum atomic E-state index is 12.1. The van der Waals surface area contributed by atoms with Gasteiger partial charge in [0.05, 0.1) is 24.9 Å². The van der Waals surface area contributed by atoms with Crippen LogP contribution in [0.5, 0.6) is 0 Å². The number of aromatic nitrogens is 2. The number of rotatable bonds is 6. The van der Waals surface area contributed by atoms with Crippen molar-refractivity contribution in [3.63, 3.8) is 0 Å². The molecular formula is C17H23N3O2. The first-order chi connectivity index (χ1) is 10.5. The van der Waals surface area contributed by atoms with Crippen LogP contribution in [-0.4, -0.2) is 33.4 Å². The first-order valence-electron chi connectivity index (χ1n) is 7.55. The number of benzene rings is 1. The molecular weight excluding hydrogens is 278 g/mol. The molecule has 0 aliphatic carbocycles. The molecule has 0 aliphatic heterocycles. The lowest BCUT2D eigenvalue weighted by Gasteiger charge is -2.14. The van der Waals surface area contributed by atoms with Gasteiger partial charge >= 0.3 is 0 Å². The topological polar surface area (TPSA) is 67.2 Å². The average Bonchev–Trinajstić information content (AvgIpc) is 2.83. The van der Waals surface area contributed by atoms with E-state index in [1.165, 1.54) is 0 Å². The second kappa shape index (κ2) is 7.22.